The number of rotatable bonds is 9. The lowest BCUT2D eigenvalue weighted by atomic mass is 10.1. The Morgan fingerprint density at radius 3 is 2.86 bits per heavy atom. The first-order valence-electron chi connectivity index (χ1n) is 10.1. The SMILES string of the molecule is CCN1C[C@H](CN(C)C[C@@H](O)COc2cccc(C(C)=O)c2)Oc2ccccc21. The van der Waals surface area contributed by atoms with Gasteiger partial charge in [0, 0.05) is 25.2 Å². The van der Waals surface area contributed by atoms with Crippen LogP contribution < -0.4 is 14.4 Å². The molecule has 2 aromatic rings. The van der Waals surface area contributed by atoms with Crippen molar-refractivity contribution in [3.05, 3.63) is 54.1 Å². The zero-order valence-corrected chi connectivity index (χ0v) is 17.4. The summed E-state index contributed by atoms with van der Waals surface area (Å²) in [5.41, 5.74) is 1.74. The number of benzene rings is 2. The zero-order chi connectivity index (χ0) is 20.8. The van der Waals surface area contributed by atoms with Crippen LogP contribution in [0.25, 0.3) is 0 Å². The Hall–Kier alpha value is -2.57. The van der Waals surface area contributed by atoms with Crippen molar-refractivity contribution in [1.82, 2.24) is 4.90 Å². The van der Waals surface area contributed by atoms with Crippen LogP contribution in [0.4, 0.5) is 5.69 Å². The smallest absolute Gasteiger partial charge is 0.159 e. The standard InChI is InChI=1S/C23H30N2O4/c1-4-25-15-21(29-23-11-6-5-10-22(23)25)14-24(3)13-19(27)16-28-20-9-7-8-18(12-20)17(2)26/h5-12,19,21,27H,4,13-16H2,1-3H3/t19-,21+/m1/s1. The van der Waals surface area contributed by atoms with Gasteiger partial charge in [-0.2, -0.15) is 0 Å². The Bertz CT molecular complexity index is 826. The van der Waals surface area contributed by atoms with Crippen molar-refractivity contribution >= 4 is 11.5 Å². The normalized spacial score (nSPS) is 16.9. The number of hydrogen-bond acceptors (Lipinski definition) is 6. The van der Waals surface area contributed by atoms with Crippen LogP contribution in [0.3, 0.4) is 0 Å². The molecule has 1 N–H and O–H groups in total. The van der Waals surface area contributed by atoms with Gasteiger partial charge in [-0.1, -0.05) is 24.3 Å². The van der Waals surface area contributed by atoms with Crippen molar-refractivity contribution in [3.63, 3.8) is 0 Å². The maximum Gasteiger partial charge on any atom is 0.159 e. The van der Waals surface area contributed by atoms with Gasteiger partial charge in [0.1, 0.15) is 30.3 Å². The molecule has 2 atom stereocenters. The molecule has 0 aromatic heterocycles. The molecule has 0 bridgehead atoms. The number of ether oxygens (including phenoxy) is 2. The van der Waals surface area contributed by atoms with E-state index in [1.165, 1.54) is 6.92 Å². The van der Waals surface area contributed by atoms with Gasteiger partial charge < -0.3 is 19.5 Å². The molecular formula is C23H30N2O4. The largest absolute Gasteiger partial charge is 0.491 e. The zero-order valence-electron chi connectivity index (χ0n) is 17.4. The van der Waals surface area contributed by atoms with Crippen molar-refractivity contribution in [2.45, 2.75) is 26.1 Å². The highest BCUT2D eigenvalue weighted by Gasteiger charge is 2.26. The number of Topliss-reactive ketones (excluding diaryl/α,β-unsaturated/α-hetero) is 1. The summed E-state index contributed by atoms with van der Waals surface area (Å²) in [6.07, 6.45) is -0.602. The molecule has 0 saturated carbocycles. The van der Waals surface area contributed by atoms with E-state index < -0.39 is 6.10 Å². The topological polar surface area (TPSA) is 62.2 Å². The van der Waals surface area contributed by atoms with Gasteiger partial charge in [-0.25, -0.2) is 0 Å². The van der Waals surface area contributed by atoms with Crippen LogP contribution in [0, 0.1) is 0 Å². The summed E-state index contributed by atoms with van der Waals surface area (Å²) in [4.78, 5) is 15.8. The van der Waals surface area contributed by atoms with Crippen LogP contribution in [0.15, 0.2) is 48.5 Å². The molecule has 0 amide bonds. The predicted molar refractivity (Wildman–Crippen MR) is 114 cm³/mol. The molecule has 0 unspecified atom stereocenters. The number of nitrogens with zero attached hydrogens (tertiary/aromatic N) is 2. The predicted octanol–water partition coefficient (Wildman–Crippen LogP) is 2.85. The number of fused-ring (bicyclic) bond motifs is 1. The number of hydrogen-bond donors (Lipinski definition) is 1. The lowest BCUT2D eigenvalue weighted by Gasteiger charge is -2.37. The summed E-state index contributed by atoms with van der Waals surface area (Å²) >= 11 is 0. The Kier molecular flexibility index (Phi) is 7.12. The second kappa shape index (κ2) is 9.76. The number of anilines is 1. The monoisotopic (exact) mass is 398 g/mol. The average molecular weight is 399 g/mol. The number of likely N-dealkylation sites (N-methyl/N-ethyl adjacent to an activating group) is 2. The average Bonchev–Trinajstić information content (AvgIpc) is 2.71. The van der Waals surface area contributed by atoms with E-state index in [4.69, 9.17) is 9.47 Å². The minimum absolute atomic E-state index is 0.00842. The highest BCUT2D eigenvalue weighted by atomic mass is 16.5. The van der Waals surface area contributed by atoms with Crippen molar-refractivity contribution in [2.75, 3.05) is 44.7 Å². The molecule has 1 heterocycles. The molecular weight excluding hydrogens is 368 g/mol. The van der Waals surface area contributed by atoms with Gasteiger partial charge in [0.05, 0.1) is 12.2 Å². The van der Waals surface area contributed by atoms with Crippen LogP contribution in [-0.2, 0) is 0 Å². The fraction of sp³-hybridized carbons (Fsp3) is 0.435. The molecule has 0 radical (unpaired) electrons. The molecule has 156 valence electrons. The van der Waals surface area contributed by atoms with Gasteiger partial charge in [0.25, 0.3) is 0 Å². The number of carbonyl (C=O) groups is 1. The lowest BCUT2D eigenvalue weighted by molar-refractivity contribution is 0.0606. The highest BCUT2D eigenvalue weighted by Crippen LogP contribution is 2.32. The molecule has 2 aromatic carbocycles. The third kappa shape index (κ3) is 5.71. The van der Waals surface area contributed by atoms with Gasteiger partial charge in [-0.05, 0) is 45.2 Å². The lowest BCUT2D eigenvalue weighted by Crippen LogP contribution is -2.47. The summed E-state index contributed by atoms with van der Waals surface area (Å²) in [5, 5.41) is 10.4. The fourth-order valence-electron chi connectivity index (χ4n) is 3.61. The van der Waals surface area contributed by atoms with Crippen molar-refractivity contribution in [2.24, 2.45) is 0 Å². The molecule has 3 rings (SSSR count). The number of carbonyl (C=O) groups excluding carboxylic acids is 1. The van der Waals surface area contributed by atoms with E-state index in [2.05, 4.69) is 22.8 Å². The van der Waals surface area contributed by atoms with E-state index >= 15 is 0 Å². The van der Waals surface area contributed by atoms with E-state index in [9.17, 15) is 9.90 Å². The Morgan fingerprint density at radius 1 is 1.31 bits per heavy atom. The van der Waals surface area contributed by atoms with Gasteiger partial charge in [0.15, 0.2) is 5.78 Å². The van der Waals surface area contributed by atoms with Crippen LogP contribution >= 0.6 is 0 Å². The third-order valence-corrected chi connectivity index (χ3v) is 5.03. The minimum atomic E-state index is -0.640. The number of para-hydroxylation sites is 2. The first-order valence-corrected chi connectivity index (χ1v) is 10.1. The van der Waals surface area contributed by atoms with Gasteiger partial charge in [0.2, 0.25) is 0 Å². The summed E-state index contributed by atoms with van der Waals surface area (Å²) in [6, 6.07) is 15.1. The van der Waals surface area contributed by atoms with E-state index in [1.807, 2.05) is 25.2 Å². The van der Waals surface area contributed by atoms with Gasteiger partial charge >= 0.3 is 0 Å². The third-order valence-electron chi connectivity index (χ3n) is 5.03. The van der Waals surface area contributed by atoms with Crippen molar-refractivity contribution in [3.8, 4) is 11.5 Å². The van der Waals surface area contributed by atoms with Crippen molar-refractivity contribution < 1.29 is 19.4 Å². The minimum Gasteiger partial charge on any atom is -0.491 e. The fourth-order valence-corrected chi connectivity index (χ4v) is 3.61. The second-order valence-electron chi connectivity index (χ2n) is 7.52. The van der Waals surface area contributed by atoms with E-state index in [0.717, 1.165) is 24.5 Å². The van der Waals surface area contributed by atoms with E-state index in [1.54, 1.807) is 24.3 Å². The summed E-state index contributed by atoms with van der Waals surface area (Å²) in [7, 11) is 1.97. The first-order chi connectivity index (χ1) is 14.0. The van der Waals surface area contributed by atoms with E-state index in [0.29, 0.717) is 24.4 Å². The van der Waals surface area contributed by atoms with Crippen molar-refractivity contribution in [1.29, 1.82) is 0 Å². The van der Waals surface area contributed by atoms with Gasteiger partial charge in [-0.3, -0.25) is 9.69 Å². The molecule has 1 aliphatic heterocycles. The Balaban J connectivity index is 1.48. The molecule has 1 aliphatic rings. The molecule has 0 aliphatic carbocycles. The molecule has 0 spiro atoms. The Labute approximate surface area is 172 Å². The van der Waals surface area contributed by atoms with Crippen LogP contribution in [-0.4, -0.2) is 67.8 Å². The second-order valence-corrected chi connectivity index (χ2v) is 7.52. The first kappa shape index (κ1) is 21.1. The maximum absolute atomic E-state index is 11.5. The number of aliphatic hydroxyl groups excluding tert-OH is 1. The maximum atomic E-state index is 11.5. The molecule has 0 saturated heterocycles. The van der Waals surface area contributed by atoms with Crippen LogP contribution in [0.2, 0.25) is 0 Å². The highest BCUT2D eigenvalue weighted by molar-refractivity contribution is 5.94. The van der Waals surface area contributed by atoms with E-state index in [-0.39, 0.29) is 18.5 Å². The van der Waals surface area contributed by atoms with Gasteiger partial charge in [-0.15, -0.1) is 0 Å². The quantitative estimate of drug-likeness (QED) is 0.656. The Morgan fingerprint density at radius 2 is 2.10 bits per heavy atom. The number of ketones is 1. The summed E-state index contributed by atoms with van der Waals surface area (Å²) in [6.45, 7) is 6.76. The molecule has 6 nitrogen and oxygen atoms in total. The summed E-state index contributed by atoms with van der Waals surface area (Å²) in [5.74, 6) is 1.49. The molecule has 0 fully saturated rings. The number of aliphatic hydroxyl groups is 1. The van der Waals surface area contributed by atoms with Crippen LogP contribution in [0.5, 0.6) is 11.5 Å². The van der Waals surface area contributed by atoms with Crippen LogP contribution in [0.1, 0.15) is 24.2 Å². The molecule has 29 heavy (non-hydrogen) atoms. The molecule has 6 heteroatoms. The summed E-state index contributed by atoms with van der Waals surface area (Å²) < 4.78 is 11.8.